The summed E-state index contributed by atoms with van der Waals surface area (Å²) in [7, 11) is 0. The van der Waals surface area contributed by atoms with Gasteiger partial charge >= 0.3 is 0 Å². The lowest BCUT2D eigenvalue weighted by Gasteiger charge is -2.34. The molecule has 0 aliphatic carbocycles. The number of piperazine rings is 1. The van der Waals surface area contributed by atoms with E-state index in [4.69, 9.17) is 0 Å². The van der Waals surface area contributed by atoms with Crippen molar-refractivity contribution in [3.05, 3.63) is 60.4 Å². The number of carbonyl (C=O) groups excluding carboxylic acids is 1. The number of amides is 1. The molecule has 1 aromatic carbocycles. The van der Waals surface area contributed by atoms with Gasteiger partial charge in [-0.3, -0.25) is 14.7 Å². The van der Waals surface area contributed by atoms with Crippen molar-refractivity contribution < 1.29 is 4.79 Å². The first-order valence-electron chi connectivity index (χ1n) is 7.99. The molecule has 2 aromatic rings. The number of hydrogen-bond acceptors (Lipinski definition) is 4. The molecule has 1 fully saturated rings. The third-order valence-electron chi connectivity index (χ3n) is 4.07. The third-order valence-corrected chi connectivity index (χ3v) is 4.07. The monoisotopic (exact) mass is 310 g/mol. The third kappa shape index (κ3) is 4.53. The van der Waals surface area contributed by atoms with E-state index in [1.54, 1.807) is 6.20 Å². The van der Waals surface area contributed by atoms with E-state index in [1.165, 1.54) is 5.56 Å². The fourth-order valence-corrected chi connectivity index (χ4v) is 2.75. The van der Waals surface area contributed by atoms with E-state index in [0.717, 1.165) is 38.4 Å². The lowest BCUT2D eigenvalue weighted by molar-refractivity contribution is -0.131. The molecule has 1 amide bonds. The molecule has 0 atom stereocenters. The van der Waals surface area contributed by atoms with Gasteiger partial charge in [0.05, 0.1) is 6.54 Å². The maximum Gasteiger partial charge on any atom is 0.241 e. The van der Waals surface area contributed by atoms with Gasteiger partial charge in [-0.1, -0.05) is 24.3 Å². The molecule has 5 heteroatoms. The Morgan fingerprint density at radius 1 is 1.04 bits per heavy atom. The van der Waals surface area contributed by atoms with E-state index >= 15 is 0 Å². The summed E-state index contributed by atoms with van der Waals surface area (Å²) in [5.41, 5.74) is 2.20. The van der Waals surface area contributed by atoms with Crippen molar-refractivity contribution in [2.45, 2.75) is 6.54 Å². The predicted octanol–water partition coefficient (Wildman–Crippen LogP) is 1.84. The molecule has 120 valence electrons. The molecule has 0 radical (unpaired) electrons. The molecular weight excluding hydrogens is 288 g/mol. The lowest BCUT2D eigenvalue weighted by Crippen LogP contribution is -2.49. The van der Waals surface area contributed by atoms with Crippen LogP contribution in [0.3, 0.4) is 0 Å². The SMILES string of the molecule is O=C(CNc1ccccc1)N1CCN(Cc2cccnc2)CC1. The molecule has 1 aliphatic heterocycles. The van der Waals surface area contributed by atoms with Crippen molar-refractivity contribution in [3.8, 4) is 0 Å². The second-order valence-corrected chi connectivity index (χ2v) is 5.74. The number of benzene rings is 1. The fraction of sp³-hybridized carbons (Fsp3) is 0.333. The highest BCUT2D eigenvalue weighted by Gasteiger charge is 2.20. The van der Waals surface area contributed by atoms with E-state index in [2.05, 4.69) is 21.3 Å². The maximum atomic E-state index is 12.3. The van der Waals surface area contributed by atoms with Gasteiger partial charge in [-0.15, -0.1) is 0 Å². The number of hydrogen-bond donors (Lipinski definition) is 1. The molecule has 1 N–H and O–H groups in total. The number of rotatable bonds is 5. The van der Waals surface area contributed by atoms with Gasteiger partial charge in [-0.25, -0.2) is 0 Å². The number of nitrogens with one attached hydrogen (secondary N) is 1. The second kappa shape index (κ2) is 7.74. The molecule has 0 spiro atoms. The molecule has 0 unspecified atom stereocenters. The molecule has 0 saturated carbocycles. The minimum Gasteiger partial charge on any atom is -0.376 e. The highest BCUT2D eigenvalue weighted by Crippen LogP contribution is 2.09. The second-order valence-electron chi connectivity index (χ2n) is 5.74. The number of aromatic nitrogens is 1. The molecule has 5 nitrogen and oxygen atoms in total. The summed E-state index contributed by atoms with van der Waals surface area (Å²) in [6.45, 7) is 4.65. The van der Waals surface area contributed by atoms with Crippen LogP contribution < -0.4 is 5.32 Å². The van der Waals surface area contributed by atoms with Crippen LogP contribution in [-0.4, -0.2) is 53.4 Å². The minimum absolute atomic E-state index is 0.162. The summed E-state index contributed by atoms with van der Waals surface area (Å²) in [6, 6.07) is 13.9. The number of pyridine rings is 1. The summed E-state index contributed by atoms with van der Waals surface area (Å²) in [5, 5.41) is 3.18. The van der Waals surface area contributed by atoms with Crippen LogP contribution in [0.5, 0.6) is 0 Å². The van der Waals surface area contributed by atoms with Gasteiger partial charge in [-0.05, 0) is 23.8 Å². The zero-order valence-corrected chi connectivity index (χ0v) is 13.2. The first kappa shape index (κ1) is 15.5. The van der Waals surface area contributed by atoms with E-state index in [0.29, 0.717) is 6.54 Å². The zero-order valence-electron chi connectivity index (χ0n) is 13.2. The van der Waals surface area contributed by atoms with E-state index in [-0.39, 0.29) is 5.91 Å². The van der Waals surface area contributed by atoms with Gasteiger partial charge in [0.25, 0.3) is 0 Å². The average molecular weight is 310 g/mol. The molecule has 1 aromatic heterocycles. The van der Waals surface area contributed by atoms with Crippen molar-refractivity contribution in [2.75, 3.05) is 38.0 Å². The molecule has 2 heterocycles. The van der Waals surface area contributed by atoms with Gasteiger partial charge < -0.3 is 10.2 Å². The Morgan fingerprint density at radius 3 is 2.52 bits per heavy atom. The van der Waals surface area contributed by atoms with Crippen LogP contribution in [0.2, 0.25) is 0 Å². The van der Waals surface area contributed by atoms with Crippen molar-refractivity contribution in [3.63, 3.8) is 0 Å². The highest BCUT2D eigenvalue weighted by molar-refractivity contribution is 5.81. The topological polar surface area (TPSA) is 48.5 Å². The summed E-state index contributed by atoms with van der Waals surface area (Å²) >= 11 is 0. The predicted molar refractivity (Wildman–Crippen MR) is 91.0 cm³/mol. The first-order valence-corrected chi connectivity index (χ1v) is 7.99. The largest absolute Gasteiger partial charge is 0.376 e. The van der Waals surface area contributed by atoms with Crippen LogP contribution >= 0.6 is 0 Å². The van der Waals surface area contributed by atoms with Crippen LogP contribution in [-0.2, 0) is 11.3 Å². The van der Waals surface area contributed by atoms with Gasteiger partial charge in [0.1, 0.15) is 0 Å². The van der Waals surface area contributed by atoms with Crippen LogP contribution in [0.1, 0.15) is 5.56 Å². The summed E-state index contributed by atoms with van der Waals surface area (Å²) in [5.74, 6) is 0.162. The molecule has 3 rings (SSSR count). The molecular formula is C18H22N4O. The van der Waals surface area contributed by atoms with E-state index < -0.39 is 0 Å². The Bertz CT molecular complexity index is 609. The molecule has 1 saturated heterocycles. The van der Waals surface area contributed by atoms with Crippen LogP contribution in [0.25, 0.3) is 0 Å². The van der Waals surface area contributed by atoms with Gasteiger partial charge in [-0.2, -0.15) is 0 Å². The Morgan fingerprint density at radius 2 is 1.83 bits per heavy atom. The highest BCUT2D eigenvalue weighted by atomic mass is 16.2. The van der Waals surface area contributed by atoms with Crippen molar-refractivity contribution in [1.82, 2.24) is 14.8 Å². The maximum absolute atomic E-state index is 12.3. The normalized spacial score (nSPS) is 15.4. The average Bonchev–Trinajstić information content (AvgIpc) is 2.62. The van der Waals surface area contributed by atoms with Crippen LogP contribution in [0, 0.1) is 0 Å². The van der Waals surface area contributed by atoms with Crippen LogP contribution in [0.4, 0.5) is 5.69 Å². The number of anilines is 1. The van der Waals surface area contributed by atoms with E-state index in [1.807, 2.05) is 47.5 Å². The number of nitrogens with zero attached hydrogens (tertiary/aromatic N) is 3. The standard InChI is InChI=1S/C18H22N4O/c23-18(14-20-17-6-2-1-3-7-17)22-11-9-21(10-12-22)15-16-5-4-8-19-13-16/h1-8,13,20H,9-12,14-15H2. The van der Waals surface area contributed by atoms with Gasteiger partial charge in [0.2, 0.25) is 5.91 Å². The van der Waals surface area contributed by atoms with Crippen molar-refractivity contribution >= 4 is 11.6 Å². The van der Waals surface area contributed by atoms with Gasteiger partial charge in [0.15, 0.2) is 0 Å². The number of carbonyl (C=O) groups is 1. The Kier molecular flexibility index (Phi) is 5.21. The van der Waals surface area contributed by atoms with Crippen molar-refractivity contribution in [2.24, 2.45) is 0 Å². The summed E-state index contributed by atoms with van der Waals surface area (Å²) in [6.07, 6.45) is 3.70. The number of para-hydroxylation sites is 1. The molecule has 0 bridgehead atoms. The fourth-order valence-electron chi connectivity index (χ4n) is 2.75. The Balaban J connectivity index is 1.42. The first-order chi connectivity index (χ1) is 11.3. The van der Waals surface area contributed by atoms with E-state index in [9.17, 15) is 4.79 Å². The van der Waals surface area contributed by atoms with Gasteiger partial charge in [0, 0.05) is 50.8 Å². The summed E-state index contributed by atoms with van der Waals surface area (Å²) in [4.78, 5) is 20.7. The zero-order chi connectivity index (χ0) is 15.9. The lowest BCUT2D eigenvalue weighted by atomic mass is 10.2. The van der Waals surface area contributed by atoms with Crippen LogP contribution in [0.15, 0.2) is 54.9 Å². The summed E-state index contributed by atoms with van der Waals surface area (Å²) < 4.78 is 0. The minimum atomic E-state index is 0.162. The quantitative estimate of drug-likeness (QED) is 0.915. The smallest absolute Gasteiger partial charge is 0.241 e. The molecule has 1 aliphatic rings. The van der Waals surface area contributed by atoms with Crippen molar-refractivity contribution in [1.29, 1.82) is 0 Å². The Labute approximate surface area is 136 Å². The molecule has 23 heavy (non-hydrogen) atoms. The Hall–Kier alpha value is -2.40.